The van der Waals surface area contributed by atoms with Crippen LogP contribution in [0.25, 0.3) is 0 Å². The van der Waals surface area contributed by atoms with E-state index in [1.807, 2.05) is 64.2 Å². The van der Waals surface area contributed by atoms with Crippen LogP contribution in [0.3, 0.4) is 0 Å². The Kier molecular flexibility index (Phi) is 7.62. The predicted molar refractivity (Wildman–Crippen MR) is 128 cm³/mol. The Labute approximate surface area is 190 Å². The molecule has 0 atom stereocenters. The SMILES string of the molecule is CN(Cc1ccccc1)c1ccccc1NCC(=O)N1CCN(C(=O)OC(C)(C)C)CC1. The molecule has 0 aliphatic carbocycles. The first-order valence-electron chi connectivity index (χ1n) is 11.1. The minimum Gasteiger partial charge on any atom is -0.444 e. The van der Waals surface area contributed by atoms with Crippen LogP contribution in [-0.4, -0.2) is 67.2 Å². The second-order valence-electron chi connectivity index (χ2n) is 9.06. The van der Waals surface area contributed by atoms with Gasteiger partial charge in [-0.1, -0.05) is 42.5 Å². The van der Waals surface area contributed by atoms with Gasteiger partial charge in [-0.25, -0.2) is 4.79 Å². The Morgan fingerprint density at radius 3 is 2.19 bits per heavy atom. The minimum atomic E-state index is -0.519. The lowest BCUT2D eigenvalue weighted by molar-refractivity contribution is -0.131. The van der Waals surface area contributed by atoms with Crippen molar-refractivity contribution in [1.29, 1.82) is 0 Å². The van der Waals surface area contributed by atoms with Crippen molar-refractivity contribution in [3.8, 4) is 0 Å². The van der Waals surface area contributed by atoms with Crippen LogP contribution >= 0.6 is 0 Å². The molecule has 0 spiro atoms. The number of ether oxygens (including phenoxy) is 1. The summed E-state index contributed by atoms with van der Waals surface area (Å²) in [5.74, 6) is 0.0226. The van der Waals surface area contributed by atoms with Crippen LogP contribution in [0.2, 0.25) is 0 Å². The third kappa shape index (κ3) is 6.64. The molecule has 2 amide bonds. The van der Waals surface area contributed by atoms with E-state index in [4.69, 9.17) is 4.74 Å². The van der Waals surface area contributed by atoms with E-state index in [1.54, 1.807) is 9.80 Å². The van der Waals surface area contributed by atoms with Gasteiger partial charge in [0, 0.05) is 39.8 Å². The zero-order valence-corrected chi connectivity index (χ0v) is 19.5. The molecule has 3 rings (SSSR count). The topological polar surface area (TPSA) is 65.1 Å². The van der Waals surface area contributed by atoms with Gasteiger partial charge in [0.1, 0.15) is 5.60 Å². The first kappa shape index (κ1) is 23.4. The Hall–Kier alpha value is -3.22. The number of rotatable bonds is 6. The molecule has 2 aromatic carbocycles. The summed E-state index contributed by atoms with van der Waals surface area (Å²) in [5, 5.41) is 3.30. The van der Waals surface area contributed by atoms with Crippen molar-refractivity contribution in [2.24, 2.45) is 0 Å². The monoisotopic (exact) mass is 438 g/mol. The van der Waals surface area contributed by atoms with Gasteiger partial charge in [0.05, 0.1) is 17.9 Å². The van der Waals surface area contributed by atoms with Crippen LogP contribution < -0.4 is 10.2 Å². The number of nitrogens with zero attached hydrogens (tertiary/aromatic N) is 3. The number of carbonyl (C=O) groups excluding carboxylic acids is 2. The van der Waals surface area contributed by atoms with Gasteiger partial charge < -0.3 is 24.8 Å². The number of amides is 2. The van der Waals surface area contributed by atoms with E-state index >= 15 is 0 Å². The first-order valence-corrected chi connectivity index (χ1v) is 11.1. The van der Waals surface area contributed by atoms with Crippen LogP contribution in [0.15, 0.2) is 54.6 Å². The number of hydrogen-bond donors (Lipinski definition) is 1. The molecule has 1 aliphatic rings. The van der Waals surface area contributed by atoms with Crippen LogP contribution in [0.4, 0.5) is 16.2 Å². The third-order valence-electron chi connectivity index (χ3n) is 5.29. The van der Waals surface area contributed by atoms with Crippen LogP contribution in [0.1, 0.15) is 26.3 Å². The third-order valence-corrected chi connectivity index (χ3v) is 5.29. The maximum Gasteiger partial charge on any atom is 0.410 e. The zero-order valence-electron chi connectivity index (χ0n) is 19.5. The molecule has 7 heteroatoms. The average Bonchev–Trinajstić information content (AvgIpc) is 2.77. The zero-order chi connectivity index (χ0) is 23.1. The lowest BCUT2D eigenvalue weighted by Gasteiger charge is -2.35. The van der Waals surface area contributed by atoms with E-state index in [-0.39, 0.29) is 18.5 Å². The van der Waals surface area contributed by atoms with Crippen molar-refractivity contribution >= 4 is 23.4 Å². The van der Waals surface area contributed by atoms with Crippen molar-refractivity contribution in [3.05, 3.63) is 60.2 Å². The predicted octanol–water partition coefficient (Wildman–Crippen LogP) is 3.81. The van der Waals surface area contributed by atoms with E-state index < -0.39 is 5.60 Å². The fraction of sp³-hybridized carbons (Fsp3) is 0.440. The highest BCUT2D eigenvalue weighted by molar-refractivity contribution is 5.83. The molecule has 0 aromatic heterocycles. The average molecular weight is 439 g/mol. The summed E-state index contributed by atoms with van der Waals surface area (Å²) in [4.78, 5) is 30.6. The van der Waals surface area contributed by atoms with Gasteiger partial charge in [-0.15, -0.1) is 0 Å². The molecule has 1 heterocycles. The van der Waals surface area contributed by atoms with Gasteiger partial charge in [-0.05, 0) is 38.5 Å². The normalized spacial score (nSPS) is 14.1. The van der Waals surface area contributed by atoms with Crippen molar-refractivity contribution < 1.29 is 14.3 Å². The molecular formula is C25H34N4O3. The molecule has 0 radical (unpaired) electrons. The van der Waals surface area contributed by atoms with Crippen molar-refractivity contribution in [1.82, 2.24) is 9.80 Å². The molecule has 32 heavy (non-hydrogen) atoms. The summed E-state index contributed by atoms with van der Waals surface area (Å²) in [6.07, 6.45) is -0.321. The summed E-state index contributed by atoms with van der Waals surface area (Å²) in [5.41, 5.74) is 2.67. The van der Waals surface area contributed by atoms with Crippen molar-refractivity contribution in [2.75, 3.05) is 50.0 Å². The number of carbonyl (C=O) groups is 2. The van der Waals surface area contributed by atoms with E-state index in [0.717, 1.165) is 17.9 Å². The van der Waals surface area contributed by atoms with Gasteiger partial charge in [0.25, 0.3) is 0 Å². The van der Waals surface area contributed by atoms with Gasteiger partial charge in [0.2, 0.25) is 5.91 Å². The molecule has 2 aromatic rings. The number of piperazine rings is 1. The second kappa shape index (κ2) is 10.4. The molecule has 0 saturated carbocycles. The minimum absolute atomic E-state index is 0.0226. The Morgan fingerprint density at radius 2 is 1.53 bits per heavy atom. The number of hydrogen-bond acceptors (Lipinski definition) is 5. The fourth-order valence-electron chi connectivity index (χ4n) is 3.65. The molecule has 0 unspecified atom stereocenters. The molecule has 1 fully saturated rings. The molecule has 7 nitrogen and oxygen atoms in total. The number of anilines is 2. The number of para-hydroxylation sites is 2. The number of benzene rings is 2. The maximum absolute atomic E-state index is 12.8. The van der Waals surface area contributed by atoms with Gasteiger partial charge in [-0.2, -0.15) is 0 Å². The molecule has 1 saturated heterocycles. The molecule has 0 bridgehead atoms. The summed E-state index contributed by atoms with van der Waals surface area (Å²) in [7, 11) is 2.05. The van der Waals surface area contributed by atoms with E-state index in [2.05, 4.69) is 28.4 Å². The molecule has 1 N–H and O–H groups in total. The summed E-state index contributed by atoms with van der Waals surface area (Å²) < 4.78 is 5.42. The second-order valence-corrected chi connectivity index (χ2v) is 9.06. The van der Waals surface area contributed by atoms with E-state index in [9.17, 15) is 9.59 Å². The van der Waals surface area contributed by atoms with Crippen molar-refractivity contribution in [2.45, 2.75) is 32.9 Å². The van der Waals surface area contributed by atoms with E-state index in [1.165, 1.54) is 5.56 Å². The first-order chi connectivity index (χ1) is 15.2. The molecular weight excluding hydrogens is 404 g/mol. The quantitative estimate of drug-likeness (QED) is 0.743. The highest BCUT2D eigenvalue weighted by Gasteiger charge is 2.27. The lowest BCUT2D eigenvalue weighted by atomic mass is 10.2. The van der Waals surface area contributed by atoms with E-state index in [0.29, 0.717) is 26.2 Å². The highest BCUT2D eigenvalue weighted by Crippen LogP contribution is 2.26. The van der Waals surface area contributed by atoms with Gasteiger partial charge in [-0.3, -0.25) is 4.79 Å². The van der Waals surface area contributed by atoms with Crippen molar-refractivity contribution in [3.63, 3.8) is 0 Å². The van der Waals surface area contributed by atoms with Gasteiger partial charge >= 0.3 is 6.09 Å². The number of nitrogens with one attached hydrogen (secondary N) is 1. The van der Waals surface area contributed by atoms with Crippen LogP contribution in [0, 0.1) is 0 Å². The Bertz CT molecular complexity index is 903. The summed E-state index contributed by atoms with van der Waals surface area (Å²) in [6.45, 7) is 8.53. The summed E-state index contributed by atoms with van der Waals surface area (Å²) >= 11 is 0. The fourth-order valence-corrected chi connectivity index (χ4v) is 3.65. The molecule has 172 valence electrons. The standard InChI is InChI=1S/C25H34N4O3/c1-25(2,3)32-24(31)29-16-14-28(15-17-29)23(30)18-26-21-12-8-9-13-22(21)27(4)19-20-10-6-5-7-11-20/h5-13,26H,14-19H2,1-4H3. The molecule has 1 aliphatic heterocycles. The smallest absolute Gasteiger partial charge is 0.410 e. The largest absolute Gasteiger partial charge is 0.444 e. The summed E-state index contributed by atoms with van der Waals surface area (Å²) in [6, 6.07) is 18.3. The Balaban J connectivity index is 1.52. The van der Waals surface area contributed by atoms with Crippen LogP contribution in [-0.2, 0) is 16.1 Å². The Morgan fingerprint density at radius 1 is 0.938 bits per heavy atom. The maximum atomic E-state index is 12.8. The van der Waals surface area contributed by atoms with Crippen LogP contribution in [0.5, 0.6) is 0 Å². The van der Waals surface area contributed by atoms with Gasteiger partial charge in [0.15, 0.2) is 0 Å². The highest BCUT2D eigenvalue weighted by atomic mass is 16.6. The lowest BCUT2D eigenvalue weighted by Crippen LogP contribution is -2.52.